The summed E-state index contributed by atoms with van der Waals surface area (Å²) in [5, 5.41) is 4.08. The van der Waals surface area contributed by atoms with E-state index in [0.29, 0.717) is 6.54 Å². The van der Waals surface area contributed by atoms with E-state index < -0.39 is 6.04 Å². The van der Waals surface area contributed by atoms with Crippen LogP contribution in [0.1, 0.15) is 16.6 Å². The number of benzene rings is 1. The van der Waals surface area contributed by atoms with Gasteiger partial charge in [0.15, 0.2) is 0 Å². The largest absolute Gasteiger partial charge is 0.468 e. The summed E-state index contributed by atoms with van der Waals surface area (Å²) in [5.41, 5.74) is 0.880. The van der Waals surface area contributed by atoms with Gasteiger partial charge in [-0.05, 0) is 21.5 Å². The smallest absolute Gasteiger partial charge is 0.327 e. The van der Waals surface area contributed by atoms with Gasteiger partial charge in [-0.1, -0.05) is 30.3 Å². The molecule has 0 aliphatic rings. The molecular weight excluding hydrogens is 328 g/mol. The van der Waals surface area contributed by atoms with E-state index in [2.05, 4.69) is 26.2 Å². The van der Waals surface area contributed by atoms with Crippen LogP contribution in [0.15, 0.2) is 40.3 Å². The molecule has 0 bridgehead atoms. The van der Waals surface area contributed by atoms with Crippen LogP contribution in [-0.2, 0) is 16.1 Å². The Balaban J connectivity index is 2.09. The van der Waals surface area contributed by atoms with Crippen LogP contribution in [0.4, 0.5) is 0 Å². The van der Waals surface area contributed by atoms with Crippen LogP contribution < -0.4 is 5.32 Å². The van der Waals surface area contributed by atoms with Gasteiger partial charge in [-0.2, -0.15) is 0 Å². The minimum Gasteiger partial charge on any atom is -0.468 e. The standard InChI is InChI=1S/C13H13BrN2O2S/c1-18-13(17)12(9-5-3-2-4-6-9)16-8-11-15-7-10(14)19-11/h2-7,12,16H,8H2,1H3/t12-/m0/s1. The Bertz CT molecular complexity index is 545. The molecular formula is C13H13BrN2O2S. The van der Waals surface area contributed by atoms with Crippen LogP contribution in [0, 0.1) is 0 Å². The molecule has 1 atom stereocenters. The highest BCUT2D eigenvalue weighted by Gasteiger charge is 2.20. The van der Waals surface area contributed by atoms with Crippen molar-refractivity contribution >= 4 is 33.2 Å². The molecule has 6 heteroatoms. The van der Waals surface area contributed by atoms with Gasteiger partial charge in [0, 0.05) is 6.54 Å². The molecule has 4 nitrogen and oxygen atoms in total. The van der Waals surface area contributed by atoms with Crippen molar-refractivity contribution in [3.05, 3.63) is 50.9 Å². The SMILES string of the molecule is COC(=O)[C@@H](NCc1ncc(Br)s1)c1ccccc1. The van der Waals surface area contributed by atoms with Gasteiger partial charge in [0.05, 0.1) is 17.1 Å². The molecule has 19 heavy (non-hydrogen) atoms. The van der Waals surface area contributed by atoms with E-state index >= 15 is 0 Å². The molecule has 2 aromatic rings. The molecule has 0 unspecified atom stereocenters. The quantitative estimate of drug-likeness (QED) is 0.850. The molecule has 0 radical (unpaired) electrons. The molecule has 1 aromatic heterocycles. The number of rotatable bonds is 5. The van der Waals surface area contributed by atoms with Crippen molar-refractivity contribution in [3.63, 3.8) is 0 Å². The van der Waals surface area contributed by atoms with E-state index in [1.54, 1.807) is 6.20 Å². The second-order valence-electron chi connectivity index (χ2n) is 3.81. The van der Waals surface area contributed by atoms with Crippen molar-refractivity contribution in [2.75, 3.05) is 7.11 Å². The summed E-state index contributed by atoms with van der Waals surface area (Å²) in [7, 11) is 1.39. The number of nitrogens with zero attached hydrogens (tertiary/aromatic N) is 1. The third-order valence-corrected chi connectivity index (χ3v) is 4.03. The number of aromatic nitrogens is 1. The molecule has 0 fully saturated rings. The fraction of sp³-hybridized carbons (Fsp3) is 0.231. The maximum absolute atomic E-state index is 11.8. The predicted octanol–water partition coefficient (Wildman–Crippen LogP) is 2.91. The summed E-state index contributed by atoms with van der Waals surface area (Å²) in [6.07, 6.45) is 1.75. The molecule has 0 spiro atoms. The van der Waals surface area contributed by atoms with Gasteiger partial charge >= 0.3 is 5.97 Å². The Hall–Kier alpha value is -1.24. The van der Waals surface area contributed by atoms with E-state index in [-0.39, 0.29) is 5.97 Å². The first-order valence-electron chi connectivity index (χ1n) is 5.67. The van der Waals surface area contributed by atoms with Crippen molar-refractivity contribution in [1.82, 2.24) is 10.3 Å². The van der Waals surface area contributed by atoms with Gasteiger partial charge in [-0.3, -0.25) is 5.32 Å². The summed E-state index contributed by atoms with van der Waals surface area (Å²) in [4.78, 5) is 16.1. The molecule has 1 N–H and O–H groups in total. The second-order valence-corrected chi connectivity index (χ2v) is 6.30. The topological polar surface area (TPSA) is 51.2 Å². The summed E-state index contributed by atoms with van der Waals surface area (Å²) in [6.45, 7) is 0.519. The van der Waals surface area contributed by atoms with E-state index in [1.807, 2.05) is 30.3 Å². The van der Waals surface area contributed by atoms with Gasteiger partial charge in [-0.15, -0.1) is 11.3 Å². The molecule has 0 aliphatic heterocycles. The highest BCUT2D eigenvalue weighted by Crippen LogP contribution is 2.20. The molecule has 0 aliphatic carbocycles. The number of hydrogen-bond donors (Lipinski definition) is 1. The number of nitrogens with one attached hydrogen (secondary N) is 1. The molecule has 1 heterocycles. The van der Waals surface area contributed by atoms with Gasteiger partial charge < -0.3 is 4.74 Å². The molecule has 1 aromatic carbocycles. The minimum atomic E-state index is -0.478. The lowest BCUT2D eigenvalue weighted by molar-refractivity contribution is -0.143. The van der Waals surface area contributed by atoms with Crippen LogP contribution in [0.25, 0.3) is 0 Å². The monoisotopic (exact) mass is 340 g/mol. The predicted molar refractivity (Wildman–Crippen MR) is 77.9 cm³/mol. The van der Waals surface area contributed by atoms with Gasteiger partial charge in [0.1, 0.15) is 11.0 Å². The van der Waals surface area contributed by atoms with E-state index in [4.69, 9.17) is 4.74 Å². The number of thiazole rings is 1. The Morgan fingerprint density at radius 3 is 2.79 bits per heavy atom. The zero-order valence-electron chi connectivity index (χ0n) is 10.3. The Labute approximate surface area is 124 Å². The number of methoxy groups -OCH3 is 1. The number of carbonyl (C=O) groups excluding carboxylic acids is 1. The summed E-state index contributed by atoms with van der Waals surface area (Å²) < 4.78 is 5.80. The first kappa shape index (κ1) is 14.2. The van der Waals surface area contributed by atoms with E-state index in [1.165, 1.54) is 18.4 Å². The minimum absolute atomic E-state index is 0.304. The molecule has 0 amide bonds. The number of hydrogen-bond acceptors (Lipinski definition) is 5. The van der Waals surface area contributed by atoms with Crippen molar-refractivity contribution < 1.29 is 9.53 Å². The van der Waals surface area contributed by atoms with Crippen molar-refractivity contribution in [2.24, 2.45) is 0 Å². The van der Waals surface area contributed by atoms with Gasteiger partial charge in [0.25, 0.3) is 0 Å². The maximum Gasteiger partial charge on any atom is 0.327 e. The van der Waals surface area contributed by atoms with E-state index in [0.717, 1.165) is 14.4 Å². The van der Waals surface area contributed by atoms with Crippen LogP contribution in [-0.4, -0.2) is 18.1 Å². The highest BCUT2D eigenvalue weighted by molar-refractivity contribution is 9.11. The summed E-state index contributed by atoms with van der Waals surface area (Å²) >= 11 is 4.90. The molecule has 0 saturated heterocycles. The Kier molecular flexibility index (Phi) is 5.07. The summed E-state index contributed by atoms with van der Waals surface area (Å²) in [6, 6.07) is 9.02. The second kappa shape index (κ2) is 6.79. The molecule has 2 rings (SSSR count). The van der Waals surface area contributed by atoms with Crippen LogP contribution in [0.5, 0.6) is 0 Å². The first-order chi connectivity index (χ1) is 9.20. The Morgan fingerprint density at radius 1 is 1.47 bits per heavy atom. The Morgan fingerprint density at radius 2 is 2.21 bits per heavy atom. The fourth-order valence-corrected chi connectivity index (χ4v) is 2.91. The number of carbonyl (C=O) groups is 1. The average Bonchev–Trinajstić information content (AvgIpc) is 2.85. The fourth-order valence-electron chi connectivity index (χ4n) is 1.66. The van der Waals surface area contributed by atoms with Gasteiger partial charge in [0.2, 0.25) is 0 Å². The van der Waals surface area contributed by atoms with Crippen LogP contribution >= 0.6 is 27.3 Å². The third kappa shape index (κ3) is 3.86. The van der Waals surface area contributed by atoms with Crippen molar-refractivity contribution in [3.8, 4) is 0 Å². The number of halogens is 1. The number of esters is 1. The molecule has 100 valence electrons. The maximum atomic E-state index is 11.8. The third-order valence-electron chi connectivity index (χ3n) is 2.55. The lowest BCUT2D eigenvalue weighted by atomic mass is 10.1. The van der Waals surface area contributed by atoms with Crippen molar-refractivity contribution in [2.45, 2.75) is 12.6 Å². The number of ether oxygens (including phenoxy) is 1. The lowest BCUT2D eigenvalue weighted by Gasteiger charge is -2.15. The lowest BCUT2D eigenvalue weighted by Crippen LogP contribution is -2.29. The van der Waals surface area contributed by atoms with Crippen LogP contribution in [0.2, 0.25) is 0 Å². The zero-order valence-corrected chi connectivity index (χ0v) is 12.7. The van der Waals surface area contributed by atoms with E-state index in [9.17, 15) is 4.79 Å². The highest BCUT2D eigenvalue weighted by atomic mass is 79.9. The first-order valence-corrected chi connectivity index (χ1v) is 7.28. The average molecular weight is 341 g/mol. The van der Waals surface area contributed by atoms with Gasteiger partial charge in [-0.25, -0.2) is 9.78 Å². The zero-order chi connectivity index (χ0) is 13.7. The summed E-state index contributed by atoms with van der Waals surface area (Å²) in [5.74, 6) is -0.304. The normalized spacial score (nSPS) is 12.1. The van der Waals surface area contributed by atoms with Crippen molar-refractivity contribution in [1.29, 1.82) is 0 Å². The van der Waals surface area contributed by atoms with Crippen LogP contribution in [0.3, 0.4) is 0 Å². The molecule has 0 saturated carbocycles.